The number of allylic oxidation sites excluding steroid dienone is 1. The highest BCUT2D eigenvalue weighted by molar-refractivity contribution is 6.07. The van der Waals surface area contributed by atoms with E-state index in [1.54, 1.807) is 0 Å². The summed E-state index contributed by atoms with van der Waals surface area (Å²) in [5.74, 6) is -0.713. The fraction of sp³-hybridized carbons (Fsp3) is 0.296. The summed E-state index contributed by atoms with van der Waals surface area (Å²) in [5, 5.41) is 3.62. The van der Waals surface area contributed by atoms with Gasteiger partial charge in [0.05, 0.1) is 16.8 Å². The van der Waals surface area contributed by atoms with Crippen LogP contribution in [0.2, 0.25) is 0 Å². The summed E-state index contributed by atoms with van der Waals surface area (Å²) in [7, 11) is 4.04. The summed E-state index contributed by atoms with van der Waals surface area (Å²) < 4.78 is 5.44. The number of rotatable bonds is 6. The van der Waals surface area contributed by atoms with Crippen molar-refractivity contribution >= 4 is 40.1 Å². The van der Waals surface area contributed by atoms with Crippen molar-refractivity contribution in [3.8, 4) is 0 Å². The lowest BCUT2D eigenvalue weighted by Crippen LogP contribution is -2.30. The average Bonchev–Trinajstić information content (AvgIpc) is 3.55. The first-order chi connectivity index (χ1) is 16.0. The minimum absolute atomic E-state index is 0.238. The van der Waals surface area contributed by atoms with E-state index in [9.17, 15) is 9.59 Å². The van der Waals surface area contributed by atoms with Crippen molar-refractivity contribution in [2.24, 2.45) is 0 Å². The molecule has 2 aromatic carbocycles. The third-order valence-corrected chi connectivity index (χ3v) is 6.17. The molecule has 2 aliphatic carbocycles. The molecule has 1 amide bonds. The Morgan fingerprint density at radius 1 is 1.09 bits per heavy atom. The molecule has 33 heavy (non-hydrogen) atoms. The largest absolute Gasteiger partial charge is 0.452 e. The number of carbonyl (C=O) groups is 2. The highest BCUT2D eigenvalue weighted by Gasteiger charge is 2.28. The number of aromatic nitrogens is 1. The molecule has 5 rings (SSSR count). The van der Waals surface area contributed by atoms with Crippen molar-refractivity contribution in [2.45, 2.75) is 31.7 Å². The van der Waals surface area contributed by atoms with Gasteiger partial charge in [-0.05, 0) is 66.7 Å². The van der Waals surface area contributed by atoms with E-state index < -0.39 is 5.97 Å². The van der Waals surface area contributed by atoms with Crippen molar-refractivity contribution in [3.63, 3.8) is 0 Å². The molecule has 0 aliphatic heterocycles. The zero-order valence-corrected chi connectivity index (χ0v) is 18.9. The van der Waals surface area contributed by atoms with Crippen molar-refractivity contribution in [2.75, 3.05) is 25.6 Å². The second-order valence-corrected chi connectivity index (χ2v) is 8.90. The number of para-hydroxylation sites is 1. The van der Waals surface area contributed by atoms with Crippen LogP contribution in [0.15, 0.2) is 48.5 Å². The summed E-state index contributed by atoms with van der Waals surface area (Å²) >= 11 is 0. The van der Waals surface area contributed by atoms with Gasteiger partial charge in [0, 0.05) is 31.2 Å². The normalized spacial score (nSPS) is 16.0. The number of hydrogen-bond acceptors (Lipinski definition) is 5. The minimum Gasteiger partial charge on any atom is -0.452 e. The lowest BCUT2D eigenvalue weighted by atomic mass is 10.0. The summed E-state index contributed by atoms with van der Waals surface area (Å²) in [6.45, 7) is -0.262. The Balaban J connectivity index is 1.47. The molecule has 1 saturated carbocycles. The van der Waals surface area contributed by atoms with E-state index in [0.29, 0.717) is 12.0 Å². The Kier molecular flexibility index (Phi) is 5.58. The number of fused-ring (bicyclic) bond motifs is 2. The molecule has 1 heterocycles. The molecule has 0 atom stereocenters. The molecule has 1 fully saturated rings. The van der Waals surface area contributed by atoms with Crippen LogP contribution in [0, 0.1) is 0 Å². The number of esters is 1. The van der Waals surface area contributed by atoms with Crippen molar-refractivity contribution < 1.29 is 14.3 Å². The molecule has 6 nitrogen and oxygen atoms in total. The Morgan fingerprint density at radius 3 is 2.58 bits per heavy atom. The molecule has 6 heteroatoms. The Bertz CT molecular complexity index is 1260. The van der Waals surface area contributed by atoms with Gasteiger partial charge in [-0.25, -0.2) is 9.78 Å². The van der Waals surface area contributed by atoms with Gasteiger partial charge in [0.25, 0.3) is 5.91 Å². The zero-order valence-electron chi connectivity index (χ0n) is 18.9. The number of pyridine rings is 1. The van der Waals surface area contributed by atoms with Crippen molar-refractivity contribution in [1.29, 1.82) is 0 Å². The second-order valence-electron chi connectivity index (χ2n) is 8.90. The van der Waals surface area contributed by atoms with Crippen LogP contribution in [0.4, 0.5) is 5.69 Å². The molecule has 0 spiro atoms. The third-order valence-electron chi connectivity index (χ3n) is 6.17. The minimum atomic E-state index is -0.465. The third kappa shape index (κ3) is 4.46. The lowest BCUT2D eigenvalue weighted by molar-refractivity contribution is -0.124. The van der Waals surface area contributed by atoms with Gasteiger partial charge in [-0.15, -0.1) is 0 Å². The summed E-state index contributed by atoms with van der Waals surface area (Å²) in [6, 6.07) is 16.2. The molecule has 0 saturated heterocycles. The Labute approximate surface area is 193 Å². The maximum Gasteiger partial charge on any atom is 0.339 e. The molecule has 0 unspecified atom stereocenters. The van der Waals surface area contributed by atoms with Crippen LogP contribution in [0.25, 0.3) is 22.6 Å². The number of anilines is 1. The van der Waals surface area contributed by atoms with Crippen LogP contribution in [0.3, 0.4) is 0 Å². The molecular formula is C27H27N3O3. The topological polar surface area (TPSA) is 71.5 Å². The Hall–Kier alpha value is -3.67. The van der Waals surface area contributed by atoms with Gasteiger partial charge < -0.3 is 15.0 Å². The van der Waals surface area contributed by atoms with Crippen LogP contribution in [0.1, 0.15) is 46.4 Å². The summed E-state index contributed by atoms with van der Waals surface area (Å²) in [5.41, 5.74) is 6.37. The van der Waals surface area contributed by atoms with Crippen LogP contribution in [0.5, 0.6) is 0 Å². The van der Waals surface area contributed by atoms with Crippen molar-refractivity contribution in [3.05, 3.63) is 70.9 Å². The number of amides is 1. The maximum atomic E-state index is 13.1. The van der Waals surface area contributed by atoms with Crippen LogP contribution in [-0.2, 0) is 16.0 Å². The number of nitrogens with one attached hydrogen (secondary N) is 1. The molecule has 1 aromatic heterocycles. The molecule has 0 radical (unpaired) electrons. The first-order valence-electron chi connectivity index (χ1n) is 11.4. The number of ether oxygens (including phenoxy) is 1. The molecule has 0 bridgehead atoms. The van der Waals surface area contributed by atoms with Crippen LogP contribution in [-0.4, -0.2) is 43.6 Å². The number of carbonyl (C=O) groups excluding carboxylic acids is 2. The van der Waals surface area contributed by atoms with Gasteiger partial charge >= 0.3 is 5.97 Å². The fourth-order valence-electron chi connectivity index (χ4n) is 4.28. The van der Waals surface area contributed by atoms with Crippen molar-refractivity contribution in [1.82, 2.24) is 10.3 Å². The van der Waals surface area contributed by atoms with Crippen LogP contribution >= 0.6 is 0 Å². The first-order valence-corrected chi connectivity index (χ1v) is 11.4. The second kappa shape index (κ2) is 8.70. The number of nitrogens with zero attached hydrogens (tertiary/aromatic N) is 2. The smallest absolute Gasteiger partial charge is 0.339 e. The van der Waals surface area contributed by atoms with Gasteiger partial charge in [-0.3, -0.25) is 4.79 Å². The number of benzene rings is 2. The van der Waals surface area contributed by atoms with E-state index in [4.69, 9.17) is 9.72 Å². The van der Waals surface area contributed by atoms with E-state index in [1.807, 2.05) is 38.4 Å². The highest BCUT2D eigenvalue weighted by atomic mass is 16.5. The molecular weight excluding hydrogens is 414 g/mol. The van der Waals surface area contributed by atoms with Gasteiger partial charge in [0.15, 0.2) is 6.61 Å². The molecule has 1 N–H and O–H groups in total. The van der Waals surface area contributed by atoms with E-state index in [1.165, 1.54) is 0 Å². The van der Waals surface area contributed by atoms with Gasteiger partial charge in [0.1, 0.15) is 0 Å². The quantitative estimate of drug-likeness (QED) is 0.580. The average molecular weight is 442 g/mol. The lowest BCUT2D eigenvalue weighted by Gasteiger charge is -2.13. The molecule has 3 aromatic rings. The van der Waals surface area contributed by atoms with Gasteiger partial charge in [0.2, 0.25) is 0 Å². The predicted molar refractivity (Wildman–Crippen MR) is 130 cm³/mol. The monoisotopic (exact) mass is 441 g/mol. The first kappa shape index (κ1) is 21.2. The van der Waals surface area contributed by atoms with E-state index in [2.05, 4.69) is 40.6 Å². The van der Waals surface area contributed by atoms with Crippen LogP contribution < -0.4 is 10.2 Å². The van der Waals surface area contributed by atoms with E-state index in [-0.39, 0.29) is 18.6 Å². The fourth-order valence-corrected chi connectivity index (χ4v) is 4.28. The summed E-state index contributed by atoms with van der Waals surface area (Å²) in [6.07, 6.45) is 5.65. The zero-order chi connectivity index (χ0) is 22.9. The Morgan fingerprint density at radius 2 is 1.85 bits per heavy atom. The maximum absolute atomic E-state index is 13.1. The number of hydrogen-bond donors (Lipinski definition) is 1. The SMILES string of the molecule is CN(C)c1ccc(C=C2CCc3c2nc2ccccc2c3C(=O)OCC(=O)NC2CC2)cc1. The predicted octanol–water partition coefficient (Wildman–Crippen LogP) is 4.22. The highest BCUT2D eigenvalue weighted by Crippen LogP contribution is 2.38. The standard InChI is InChI=1S/C27H27N3O3/c1-30(2)20-12-7-17(8-13-20)15-18-9-14-22-25(21-5-3-4-6-23(21)29-26(18)22)27(32)33-16-24(31)28-19-10-11-19/h3-8,12-13,15,19H,9-11,14,16H2,1-2H3,(H,28,31). The van der Waals surface area contributed by atoms with E-state index in [0.717, 1.165) is 58.2 Å². The van der Waals surface area contributed by atoms with E-state index >= 15 is 0 Å². The van der Waals surface area contributed by atoms with Gasteiger partial charge in [-0.1, -0.05) is 30.3 Å². The summed E-state index contributed by atoms with van der Waals surface area (Å²) in [4.78, 5) is 32.1. The van der Waals surface area contributed by atoms with Gasteiger partial charge in [-0.2, -0.15) is 0 Å². The molecule has 168 valence electrons. The molecule has 2 aliphatic rings.